The van der Waals surface area contributed by atoms with Crippen LogP contribution in [0.4, 0.5) is 10.1 Å². The fourth-order valence-corrected chi connectivity index (χ4v) is 2.10. The molecule has 0 saturated carbocycles. The number of rotatable bonds is 4. The topological polar surface area (TPSA) is 72.5 Å². The Labute approximate surface area is 123 Å². The molecule has 4 nitrogen and oxygen atoms in total. The predicted molar refractivity (Wildman–Crippen MR) is 76.2 cm³/mol. The number of benzene rings is 2. The lowest BCUT2D eigenvalue weighted by Crippen LogP contribution is -2.04. The molecule has 2 aromatic rings. The highest BCUT2D eigenvalue weighted by molar-refractivity contribution is 9.10. The van der Waals surface area contributed by atoms with E-state index in [2.05, 4.69) is 15.9 Å². The van der Waals surface area contributed by atoms with Gasteiger partial charge < -0.3 is 15.6 Å². The molecule has 3 N–H and O–H groups in total. The number of nitrogens with two attached hydrogens (primary N) is 1. The molecule has 0 atom stereocenters. The monoisotopic (exact) mass is 339 g/mol. The van der Waals surface area contributed by atoms with Crippen LogP contribution in [0.3, 0.4) is 0 Å². The van der Waals surface area contributed by atoms with Crippen molar-refractivity contribution >= 4 is 27.6 Å². The van der Waals surface area contributed by atoms with E-state index in [9.17, 15) is 9.18 Å². The molecule has 0 unspecified atom stereocenters. The fourth-order valence-electron chi connectivity index (χ4n) is 1.63. The molecule has 0 aliphatic rings. The highest BCUT2D eigenvalue weighted by Gasteiger charge is 2.12. The molecule has 20 heavy (non-hydrogen) atoms. The number of carbonyl (C=O) groups is 1. The molecule has 0 heterocycles. The summed E-state index contributed by atoms with van der Waals surface area (Å²) >= 11 is 3.22. The van der Waals surface area contributed by atoms with E-state index in [-0.39, 0.29) is 23.7 Å². The summed E-state index contributed by atoms with van der Waals surface area (Å²) in [6.45, 7) is 0.116. The van der Waals surface area contributed by atoms with Gasteiger partial charge in [0.05, 0.1) is 0 Å². The SMILES string of the molecule is Nc1ccc(OCc2ccc(F)cc2Br)c(C(=O)O)c1. The Morgan fingerprint density at radius 3 is 2.70 bits per heavy atom. The van der Waals surface area contributed by atoms with Crippen molar-refractivity contribution in [1.82, 2.24) is 0 Å². The Balaban J connectivity index is 2.20. The number of ether oxygens (including phenoxy) is 1. The van der Waals surface area contributed by atoms with Gasteiger partial charge in [0.15, 0.2) is 0 Å². The number of nitrogen functional groups attached to an aromatic ring is 1. The zero-order valence-electron chi connectivity index (χ0n) is 10.3. The molecule has 6 heteroatoms. The highest BCUT2D eigenvalue weighted by Crippen LogP contribution is 2.24. The maximum Gasteiger partial charge on any atom is 0.339 e. The molecule has 2 rings (SSSR count). The number of anilines is 1. The lowest BCUT2D eigenvalue weighted by molar-refractivity contribution is 0.0692. The average Bonchev–Trinajstić information content (AvgIpc) is 2.38. The quantitative estimate of drug-likeness (QED) is 0.837. The summed E-state index contributed by atoms with van der Waals surface area (Å²) in [7, 11) is 0. The minimum atomic E-state index is -1.12. The molecule has 0 bridgehead atoms. The maximum absolute atomic E-state index is 13.0. The molecule has 0 amide bonds. The van der Waals surface area contributed by atoms with Gasteiger partial charge >= 0.3 is 5.97 Å². The lowest BCUT2D eigenvalue weighted by Gasteiger charge is -2.11. The van der Waals surface area contributed by atoms with Crippen molar-refractivity contribution in [2.24, 2.45) is 0 Å². The summed E-state index contributed by atoms with van der Waals surface area (Å²) in [6, 6.07) is 8.58. The Morgan fingerprint density at radius 2 is 2.05 bits per heavy atom. The second-order valence-corrected chi connectivity index (χ2v) is 4.94. The van der Waals surface area contributed by atoms with E-state index in [0.717, 1.165) is 0 Å². The van der Waals surface area contributed by atoms with Gasteiger partial charge in [-0.15, -0.1) is 0 Å². The second kappa shape index (κ2) is 5.92. The van der Waals surface area contributed by atoms with Crippen LogP contribution in [0.15, 0.2) is 40.9 Å². The first kappa shape index (κ1) is 14.3. The zero-order valence-corrected chi connectivity index (χ0v) is 11.9. The summed E-state index contributed by atoms with van der Waals surface area (Å²) < 4.78 is 19.0. The van der Waals surface area contributed by atoms with Crippen molar-refractivity contribution in [2.75, 3.05) is 5.73 Å². The molecule has 0 aliphatic heterocycles. The van der Waals surface area contributed by atoms with Gasteiger partial charge in [-0.2, -0.15) is 0 Å². The third kappa shape index (κ3) is 3.27. The summed E-state index contributed by atoms with van der Waals surface area (Å²) in [6.07, 6.45) is 0. The number of aromatic carboxylic acids is 1. The first-order chi connectivity index (χ1) is 9.47. The molecule has 0 aliphatic carbocycles. The number of hydrogen-bond donors (Lipinski definition) is 2. The predicted octanol–water partition coefficient (Wildman–Crippen LogP) is 3.45. The minimum Gasteiger partial charge on any atom is -0.488 e. The van der Waals surface area contributed by atoms with Gasteiger partial charge in [-0.1, -0.05) is 22.0 Å². The molecule has 104 valence electrons. The van der Waals surface area contributed by atoms with E-state index in [0.29, 0.717) is 15.7 Å². The van der Waals surface area contributed by atoms with E-state index < -0.39 is 5.97 Å². The first-order valence-corrected chi connectivity index (χ1v) is 6.46. The standard InChI is InChI=1S/C14H11BrFNO3/c15-12-5-9(16)2-1-8(12)7-20-13-4-3-10(17)6-11(13)14(18)19/h1-6H,7,17H2,(H,18,19). The van der Waals surface area contributed by atoms with Crippen LogP contribution in [0.1, 0.15) is 15.9 Å². The third-order valence-electron chi connectivity index (χ3n) is 2.63. The van der Waals surface area contributed by atoms with Gasteiger partial charge in [0.25, 0.3) is 0 Å². The van der Waals surface area contributed by atoms with Crippen LogP contribution in [0, 0.1) is 5.82 Å². The Morgan fingerprint density at radius 1 is 1.30 bits per heavy atom. The van der Waals surface area contributed by atoms with E-state index in [1.165, 1.54) is 24.3 Å². The molecule has 0 aromatic heterocycles. The van der Waals surface area contributed by atoms with E-state index in [4.69, 9.17) is 15.6 Å². The molecule has 0 spiro atoms. The van der Waals surface area contributed by atoms with Crippen LogP contribution in [0.5, 0.6) is 5.75 Å². The lowest BCUT2D eigenvalue weighted by atomic mass is 10.2. The van der Waals surface area contributed by atoms with Crippen molar-refractivity contribution in [3.8, 4) is 5.75 Å². The van der Waals surface area contributed by atoms with Crippen LogP contribution >= 0.6 is 15.9 Å². The van der Waals surface area contributed by atoms with Crippen LogP contribution in [-0.2, 0) is 6.61 Å². The Bertz CT molecular complexity index is 661. The normalized spacial score (nSPS) is 10.3. The smallest absolute Gasteiger partial charge is 0.339 e. The van der Waals surface area contributed by atoms with Gasteiger partial charge in [0, 0.05) is 15.7 Å². The van der Waals surface area contributed by atoms with Gasteiger partial charge in [0.1, 0.15) is 23.7 Å². The van der Waals surface area contributed by atoms with Crippen molar-refractivity contribution < 1.29 is 19.0 Å². The van der Waals surface area contributed by atoms with Crippen LogP contribution in [0.2, 0.25) is 0 Å². The molecular weight excluding hydrogens is 329 g/mol. The molecule has 0 radical (unpaired) electrons. The van der Waals surface area contributed by atoms with Crippen LogP contribution < -0.4 is 10.5 Å². The van der Waals surface area contributed by atoms with E-state index >= 15 is 0 Å². The van der Waals surface area contributed by atoms with Gasteiger partial charge in [0.2, 0.25) is 0 Å². The van der Waals surface area contributed by atoms with Crippen LogP contribution in [0.25, 0.3) is 0 Å². The molecule has 2 aromatic carbocycles. The number of carboxylic acids is 1. The van der Waals surface area contributed by atoms with Crippen molar-refractivity contribution in [2.45, 2.75) is 6.61 Å². The number of halogens is 2. The van der Waals surface area contributed by atoms with Gasteiger partial charge in [-0.3, -0.25) is 0 Å². The van der Waals surface area contributed by atoms with E-state index in [1.54, 1.807) is 12.1 Å². The van der Waals surface area contributed by atoms with Crippen molar-refractivity contribution in [1.29, 1.82) is 0 Å². The maximum atomic E-state index is 13.0. The number of hydrogen-bond acceptors (Lipinski definition) is 3. The summed E-state index contributed by atoms with van der Waals surface area (Å²) in [4.78, 5) is 11.1. The second-order valence-electron chi connectivity index (χ2n) is 4.09. The highest BCUT2D eigenvalue weighted by atomic mass is 79.9. The van der Waals surface area contributed by atoms with E-state index in [1.807, 2.05) is 0 Å². The third-order valence-corrected chi connectivity index (χ3v) is 3.37. The van der Waals surface area contributed by atoms with Crippen molar-refractivity contribution in [3.05, 3.63) is 57.8 Å². The fraction of sp³-hybridized carbons (Fsp3) is 0.0714. The summed E-state index contributed by atoms with van der Waals surface area (Å²) in [5.74, 6) is -1.27. The minimum absolute atomic E-state index is 0.0109. The van der Waals surface area contributed by atoms with Gasteiger partial charge in [-0.25, -0.2) is 9.18 Å². The largest absolute Gasteiger partial charge is 0.488 e. The van der Waals surface area contributed by atoms with Gasteiger partial charge in [-0.05, 0) is 30.3 Å². The van der Waals surface area contributed by atoms with Crippen LogP contribution in [-0.4, -0.2) is 11.1 Å². The number of carboxylic acid groups (broad SMARTS) is 1. The zero-order chi connectivity index (χ0) is 14.7. The summed E-state index contributed by atoms with van der Waals surface area (Å²) in [5.41, 5.74) is 6.59. The Kier molecular flexibility index (Phi) is 4.24. The summed E-state index contributed by atoms with van der Waals surface area (Å²) in [5, 5.41) is 9.08. The molecule has 0 saturated heterocycles. The molecular formula is C14H11BrFNO3. The average molecular weight is 340 g/mol. The van der Waals surface area contributed by atoms with Crippen molar-refractivity contribution in [3.63, 3.8) is 0 Å². The molecule has 0 fully saturated rings. The Hall–Kier alpha value is -2.08. The first-order valence-electron chi connectivity index (χ1n) is 5.67.